The minimum absolute atomic E-state index is 0.267. The molecule has 2 aromatic carbocycles. The van der Waals surface area contributed by atoms with Crippen molar-refractivity contribution < 1.29 is 9.53 Å². The number of fused-ring (bicyclic) bond motifs is 1. The van der Waals surface area contributed by atoms with Gasteiger partial charge in [0.2, 0.25) is 0 Å². The van der Waals surface area contributed by atoms with Gasteiger partial charge in [-0.1, -0.05) is 60.2 Å². The highest BCUT2D eigenvalue weighted by atomic mass is 32.1. The Morgan fingerprint density at radius 1 is 1.17 bits per heavy atom. The van der Waals surface area contributed by atoms with Crippen molar-refractivity contribution in [1.29, 1.82) is 0 Å². The smallest absolute Gasteiger partial charge is 0.337 e. The Hall–Kier alpha value is -3.45. The number of ether oxygens (including phenoxy) is 1. The average Bonchev–Trinajstić information content (AvgIpc) is 2.73. The Kier molecular flexibility index (Phi) is 5.37. The summed E-state index contributed by atoms with van der Waals surface area (Å²) in [6.07, 6.45) is 0. The van der Waals surface area contributed by atoms with E-state index in [9.17, 15) is 4.79 Å². The Labute approximate surface area is 179 Å². The molecule has 6 nitrogen and oxygen atoms in total. The number of aromatic nitrogens is 2. The molecule has 1 unspecified atom stereocenters. The second kappa shape index (κ2) is 8.12. The fourth-order valence-corrected chi connectivity index (χ4v) is 3.92. The molecule has 4 rings (SSSR count). The number of nitrogens with one attached hydrogen (secondary N) is 2. The van der Waals surface area contributed by atoms with E-state index in [0.29, 0.717) is 28.5 Å². The summed E-state index contributed by atoms with van der Waals surface area (Å²) in [7, 11) is 0. The third-order valence-corrected chi connectivity index (χ3v) is 5.25. The fourth-order valence-electron chi connectivity index (χ4n) is 3.72. The Morgan fingerprint density at radius 2 is 1.87 bits per heavy atom. The molecule has 1 aliphatic rings. The molecule has 0 saturated heterocycles. The summed E-state index contributed by atoms with van der Waals surface area (Å²) in [5.41, 5.74) is 11.0. The highest BCUT2D eigenvalue weighted by Crippen LogP contribution is 2.45. The van der Waals surface area contributed by atoms with Gasteiger partial charge in [-0.2, -0.15) is 0 Å². The standard InChI is InChI=1S/C23H22N4O2S/c1-3-29-22(28)17-16(14-11-9-13(2)10-12-14)18-20(24)26-23(30)27-21(18)25-19(17)15-7-5-4-6-8-15/h4-12,16H,3H2,1-2H3,(H4,24,25,26,27,30). The Morgan fingerprint density at radius 3 is 2.53 bits per heavy atom. The molecule has 1 aliphatic heterocycles. The monoisotopic (exact) mass is 418 g/mol. The number of esters is 1. The van der Waals surface area contributed by atoms with Gasteiger partial charge in [-0.15, -0.1) is 0 Å². The molecule has 152 valence electrons. The number of hydrogen-bond acceptors (Lipinski definition) is 6. The van der Waals surface area contributed by atoms with Gasteiger partial charge in [0, 0.05) is 5.56 Å². The van der Waals surface area contributed by atoms with Crippen LogP contribution in [0.15, 0.2) is 60.2 Å². The first-order valence-corrected chi connectivity index (χ1v) is 10.1. The summed E-state index contributed by atoms with van der Waals surface area (Å²) in [6, 6.07) is 17.7. The Bertz CT molecular complexity index is 1180. The van der Waals surface area contributed by atoms with Crippen LogP contribution in [0.4, 0.5) is 11.6 Å². The molecule has 0 fully saturated rings. The maximum atomic E-state index is 13.2. The molecule has 0 saturated carbocycles. The van der Waals surface area contributed by atoms with E-state index >= 15 is 0 Å². The highest BCUT2D eigenvalue weighted by molar-refractivity contribution is 7.71. The summed E-state index contributed by atoms with van der Waals surface area (Å²) in [6.45, 7) is 4.08. The minimum Gasteiger partial charge on any atom is -0.463 e. The molecule has 0 spiro atoms. The van der Waals surface area contributed by atoms with Crippen LogP contribution in [0.3, 0.4) is 0 Å². The molecule has 0 amide bonds. The number of rotatable bonds is 4. The highest BCUT2D eigenvalue weighted by Gasteiger charge is 2.37. The molecule has 7 heteroatoms. The number of anilines is 2. The SMILES string of the molecule is CCOC(=O)C1=C(c2ccccc2)Nc2nc(=S)[nH]c(N)c2C1c1ccc(C)cc1. The first-order valence-electron chi connectivity index (χ1n) is 9.69. The van der Waals surface area contributed by atoms with Crippen LogP contribution in [-0.4, -0.2) is 22.5 Å². The number of nitrogen functional groups attached to an aromatic ring is 1. The van der Waals surface area contributed by atoms with Gasteiger partial charge < -0.3 is 20.8 Å². The van der Waals surface area contributed by atoms with Gasteiger partial charge in [-0.05, 0) is 37.2 Å². The van der Waals surface area contributed by atoms with Gasteiger partial charge in [-0.3, -0.25) is 0 Å². The fraction of sp³-hybridized carbons (Fsp3) is 0.174. The molecule has 0 aliphatic carbocycles. The van der Waals surface area contributed by atoms with Gasteiger partial charge in [0.15, 0.2) is 4.77 Å². The largest absolute Gasteiger partial charge is 0.463 e. The number of benzene rings is 2. The number of carbonyl (C=O) groups excluding carboxylic acids is 1. The van der Waals surface area contributed by atoms with Gasteiger partial charge in [-0.25, -0.2) is 9.78 Å². The number of carbonyl (C=O) groups is 1. The molecule has 0 radical (unpaired) electrons. The molecule has 1 aromatic heterocycles. The van der Waals surface area contributed by atoms with Crippen LogP contribution in [-0.2, 0) is 9.53 Å². The van der Waals surface area contributed by atoms with Crippen LogP contribution in [0.5, 0.6) is 0 Å². The maximum absolute atomic E-state index is 13.2. The quantitative estimate of drug-likeness (QED) is 0.425. The first-order chi connectivity index (χ1) is 14.5. The van der Waals surface area contributed by atoms with Crippen molar-refractivity contribution in [2.75, 3.05) is 17.7 Å². The lowest BCUT2D eigenvalue weighted by atomic mass is 9.80. The van der Waals surface area contributed by atoms with Crippen LogP contribution in [0.1, 0.15) is 35.1 Å². The molecule has 4 N–H and O–H groups in total. The summed E-state index contributed by atoms with van der Waals surface area (Å²) in [4.78, 5) is 20.6. The van der Waals surface area contributed by atoms with E-state index in [1.807, 2.05) is 61.5 Å². The lowest BCUT2D eigenvalue weighted by Crippen LogP contribution is -2.27. The number of aryl methyl sites for hydroxylation is 1. The third-order valence-electron chi connectivity index (χ3n) is 5.06. The number of nitrogens with two attached hydrogens (primary N) is 1. The second-order valence-electron chi connectivity index (χ2n) is 7.06. The third kappa shape index (κ3) is 3.59. The van der Waals surface area contributed by atoms with Crippen molar-refractivity contribution in [3.05, 3.63) is 87.2 Å². The van der Waals surface area contributed by atoms with Crippen molar-refractivity contribution in [3.63, 3.8) is 0 Å². The normalized spacial score (nSPS) is 15.3. The van der Waals surface area contributed by atoms with E-state index in [-0.39, 0.29) is 11.4 Å². The summed E-state index contributed by atoms with van der Waals surface area (Å²) in [5, 5.41) is 3.30. The number of hydrogen-bond donors (Lipinski definition) is 3. The van der Waals surface area contributed by atoms with Crippen molar-refractivity contribution in [2.45, 2.75) is 19.8 Å². The lowest BCUT2D eigenvalue weighted by Gasteiger charge is -2.31. The molecular formula is C23H22N4O2S. The van der Waals surface area contributed by atoms with Crippen LogP contribution < -0.4 is 11.1 Å². The van der Waals surface area contributed by atoms with Crippen LogP contribution in [0.25, 0.3) is 5.70 Å². The molecular weight excluding hydrogens is 396 g/mol. The van der Waals surface area contributed by atoms with E-state index in [2.05, 4.69) is 15.3 Å². The predicted octanol–water partition coefficient (Wildman–Crippen LogP) is 4.56. The summed E-state index contributed by atoms with van der Waals surface area (Å²) >= 11 is 5.24. The minimum atomic E-state index is -0.463. The van der Waals surface area contributed by atoms with Gasteiger partial charge in [0.1, 0.15) is 11.6 Å². The number of H-pyrrole nitrogens is 1. The van der Waals surface area contributed by atoms with Gasteiger partial charge in [0.05, 0.1) is 23.8 Å². The molecule has 2 heterocycles. The van der Waals surface area contributed by atoms with E-state index in [1.165, 1.54) is 0 Å². The predicted molar refractivity (Wildman–Crippen MR) is 120 cm³/mol. The summed E-state index contributed by atoms with van der Waals surface area (Å²) < 4.78 is 5.73. The van der Waals surface area contributed by atoms with Gasteiger partial charge >= 0.3 is 5.97 Å². The maximum Gasteiger partial charge on any atom is 0.337 e. The van der Waals surface area contributed by atoms with E-state index in [0.717, 1.165) is 16.7 Å². The number of aromatic amines is 1. The van der Waals surface area contributed by atoms with Crippen molar-refractivity contribution in [2.24, 2.45) is 0 Å². The van der Waals surface area contributed by atoms with Crippen LogP contribution in [0.2, 0.25) is 0 Å². The van der Waals surface area contributed by atoms with Crippen LogP contribution in [0, 0.1) is 11.7 Å². The number of nitrogens with zero attached hydrogens (tertiary/aromatic N) is 1. The zero-order chi connectivity index (χ0) is 21.3. The van der Waals surface area contributed by atoms with E-state index in [4.69, 9.17) is 22.7 Å². The Balaban J connectivity index is 2.05. The molecule has 1 atom stereocenters. The summed E-state index contributed by atoms with van der Waals surface area (Å²) in [5.74, 6) is 0.0445. The molecule has 0 bridgehead atoms. The molecule has 30 heavy (non-hydrogen) atoms. The van der Waals surface area contributed by atoms with Crippen LogP contribution >= 0.6 is 12.2 Å². The van der Waals surface area contributed by atoms with Gasteiger partial charge in [0.25, 0.3) is 0 Å². The first kappa shape index (κ1) is 19.8. The van der Waals surface area contributed by atoms with E-state index < -0.39 is 11.9 Å². The molecule has 3 aromatic rings. The van der Waals surface area contributed by atoms with Crippen molar-refractivity contribution in [1.82, 2.24) is 9.97 Å². The van der Waals surface area contributed by atoms with E-state index in [1.54, 1.807) is 6.92 Å². The van der Waals surface area contributed by atoms with Crippen molar-refractivity contribution in [3.8, 4) is 0 Å². The topological polar surface area (TPSA) is 93.0 Å². The van der Waals surface area contributed by atoms with Crippen molar-refractivity contribution >= 4 is 35.5 Å². The zero-order valence-corrected chi connectivity index (χ0v) is 17.5. The second-order valence-corrected chi connectivity index (χ2v) is 7.45. The average molecular weight is 419 g/mol. The zero-order valence-electron chi connectivity index (χ0n) is 16.7. The lowest BCUT2D eigenvalue weighted by molar-refractivity contribution is -0.138.